The lowest BCUT2D eigenvalue weighted by molar-refractivity contribution is -0.120. The third-order valence-corrected chi connectivity index (χ3v) is 2.99. The van der Waals surface area contributed by atoms with Gasteiger partial charge in [-0.25, -0.2) is 9.78 Å². The fraction of sp³-hybridized carbons (Fsp3) is 0.267. The molecule has 2 rings (SSSR count). The van der Waals surface area contributed by atoms with Gasteiger partial charge in [0, 0.05) is 6.42 Å². The number of hydrogen-bond donors (Lipinski definition) is 2. The molecule has 0 aliphatic heterocycles. The van der Waals surface area contributed by atoms with E-state index < -0.39 is 5.97 Å². The maximum absolute atomic E-state index is 11.9. The predicted octanol–water partition coefficient (Wildman–Crippen LogP) is 1.79. The number of nitrogens with zero attached hydrogens (tertiary/aromatic N) is 1. The topological polar surface area (TPSA) is 92.4 Å². The van der Waals surface area contributed by atoms with Crippen LogP contribution in [0.1, 0.15) is 34.5 Å². The minimum atomic E-state index is -1.04. The molecule has 2 aromatic rings. The third-order valence-electron chi connectivity index (χ3n) is 2.99. The molecule has 0 bridgehead atoms. The number of rotatable bonds is 6. The number of amides is 1. The normalized spacial score (nSPS) is 10.3. The van der Waals surface area contributed by atoms with Gasteiger partial charge in [-0.1, -0.05) is 25.1 Å². The van der Waals surface area contributed by atoms with Crippen LogP contribution >= 0.6 is 0 Å². The zero-order valence-electron chi connectivity index (χ0n) is 11.6. The average Bonchev–Trinajstić information content (AvgIpc) is 2.93. The van der Waals surface area contributed by atoms with Crippen molar-refractivity contribution in [2.45, 2.75) is 26.3 Å². The number of carbonyl (C=O) groups is 2. The molecule has 1 aromatic carbocycles. The molecule has 6 heteroatoms. The first-order valence-corrected chi connectivity index (χ1v) is 6.61. The highest BCUT2D eigenvalue weighted by Gasteiger charge is 2.13. The SMILES string of the molecule is CCc1cnc(CNC(=O)Cc2ccccc2C(=O)O)o1. The summed E-state index contributed by atoms with van der Waals surface area (Å²) in [6.07, 6.45) is 2.37. The molecule has 1 heterocycles. The molecule has 0 atom stereocenters. The van der Waals surface area contributed by atoms with Crippen LogP contribution in [-0.2, 0) is 24.2 Å². The van der Waals surface area contributed by atoms with Crippen molar-refractivity contribution in [2.24, 2.45) is 0 Å². The van der Waals surface area contributed by atoms with Crippen molar-refractivity contribution in [1.29, 1.82) is 0 Å². The molecule has 21 heavy (non-hydrogen) atoms. The van der Waals surface area contributed by atoms with Crippen LogP contribution in [0.15, 0.2) is 34.9 Å². The minimum absolute atomic E-state index is 0.00379. The molecule has 1 aromatic heterocycles. The summed E-state index contributed by atoms with van der Waals surface area (Å²) in [7, 11) is 0. The molecule has 2 N–H and O–H groups in total. The van der Waals surface area contributed by atoms with Crippen molar-refractivity contribution < 1.29 is 19.1 Å². The Morgan fingerprint density at radius 3 is 2.76 bits per heavy atom. The van der Waals surface area contributed by atoms with Crippen LogP contribution in [0.3, 0.4) is 0 Å². The highest BCUT2D eigenvalue weighted by atomic mass is 16.4. The Hall–Kier alpha value is -2.63. The summed E-state index contributed by atoms with van der Waals surface area (Å²) in [6, 6.07) is 6.44. The van der Waals surface area contributed by atoms with Gasteiger partial charge < -0.3 is 14.8 Å². The van der Waals surface area contributed by atoms with Gasteiger partial charge in [0.2, 0.25) is 11.8 Å². The zero-order chi connectivity index (χ0) is 15.2. The maximum Gasteiger partial charge on any atom is 0.335 e. The number of carbonyl (C=O) groups excluding carboxylic acids is 1. The lowest BCUT2D eigenvalue weighted by Gasteiger charge is -2.06. The molecule has 0 fully saturated rings. The molecular formula is C15H16N2O4. The van der Waals surface area contributed by atoms with Crippen molar-refractivity contribution in [3.63, 3.8) is 0 Å². The molecule has 0 unspecified atom stereocenters. The van der Waals surface area contributed by atoms with E-state index in [1.165, 1.54) is 6.07 Å². The van der Waals surface area contributed by atoms with Gasteiger partial charge in [-0.15, -0.1) is 0 Å². The molecule has 0 saturated carbocycles. The first-order chi connectivity index (χ1) is 10.1. The van der Waals surface area contributed by atoms with E-state index in [1.807, 2.05) is 6.92 Å². The molecule has 110 valence electrons. The molecule has 0 radical (unpaired) electrons. The summed E-state index contributed by atoms with van der Waals surface area (Å²) >= 11 is 0. The van der Waals surface area contributed by atoms with E-state index >= 15 is 0 Å². The van der Waals surface area contributed by atoms with Crippen LogP contribution in [-0.4, -0.2) is 22.0 Å². The monoisotopic (exact) mass is 288 g/mol. The molecule has 6 nitrogen and oxygen atoms in total. The Balaban J connectivity index is 1.94. The van der Waals surface area contributed by atoms with Gasteiger partial charge >= 0.3 is 5.97 Å². The van der Waals surface area contributed by atoms with E-state index in [2.05, 4.69) is 10.3 Å². The fourth-order valence-electron chi connectivity index (χ4n) is 1.89. The number of aromatic carboxylic acids is 1. The van der Waals surface area contributed by atoms with Gasteiger partial charge in [0.15, 0.2) is 0 Å². The van der Waals surface area contributed by atoms with E-state index in [0.717, 1.165) is 12.2 Å². The van der Waals surface area contributed by atoms with E-state index in [-0.39, 0.29) is 24.4 Å². The standard InChI is InChI=1S/C15H16N2O4/c1-2-11-8-17-14(21-11)9-16-13(18)7-10-5-3-4-6-12(10)15(19)20/h3-6,8H,2,7,9H2,1H3,(H,16,18)(H,19,20). The first kappa shape index (κ1) is 14.8. The maximum atomic E-state index is 11.9. The van der Waals surface area contributed by atoms with Gasteiger partial charge in [-0.05, 0) is 11.6 Å². The summed E-state index contributed by atoms with van der Waals surface area (Å²) in [4.78, 5) is 27.0. The predicted molar refractivity (Wildman–Crippen MR) is 74.8 cm³/mol. The Morgan fingerprint density at radius 2 is 2.10 bits per heavy atom. The van der Waals surface area contributed by atoms with Gasteiger partial charge in [0.25, 0.3) is 0 Å². The summed E-state index contributed by atoms with van der Waals surface area (Å²) in [6.45, 7) is 2.14. The summed E-state index contributed by atoms with van der Waals surface area (Å²) in [5, 5.41) is 11.7. The average molecular weight is 288 g/mol. The van der Waals surface area contributed by atoms with E-state index in [4.69, 9.17) is 9.52 Å². The van der Waals surface area contributed by atoms with Crippen LogP contribution in [0.25, 0.3) is 0 Å². The number of hydrogen-bond acceptors (Lipinski definition) is 4. The van der Waals surface area contributed by atoms with Crippen LogP contribution in [0.2, 0.25) is 0 Å². The zero-order valence-corrected chi connectivity index (χ0v) is 11.6. The van der Waals surface area contributed by atoms with Crippen LogP contribution < -0.4 is 5.32 Å². The largest absolute Gasteiger partial charge is 0.478 e. The van der Waals surface area contributed by atoms with Gasteiger partial charge in [-0.3, -0.25) is 4.79 Å². The number of oxazole rings is 1. The van der Waals surface area contributed by atoms with Crippen molar-refractivity contribution >= 4 is 11.9 Å². The van der Waals surface area contributed by atoms with Crippen molar-refractivity contribution in [2.75, 3.05) is 0 Å². The number of nitrogens with one attached hydrogen (secondary N) is 1. The van der Waals surface area contributed by atoms with Crippen LogP contribution in [0, 0.1) is 0 Å². The third kappa shape index (κ3) is 3.92. The molecule has 0 aliphatic carbocycles. The number of carboxylic acid groups (broad SMARTS) is 1. The Morgan fingerprint density at radius 1 is 1.33 bits per heavy atom. The Labute approximate surface area is 121 Å². The fourth-order valence-corrected chi connectivity index (χ4v) is 1.89. The second-order valence-corrected chi connectivity index (χ2v) is 4.49. The first-order valence-electron chi connectivity index (χ1n) is 6.61. The van der Waals surface area contributed by atoms with Crippen molar-refractivity contribution in [3.05, 3.63) is 53.2 Å². The quantitative estimate of drug-likeness (QED) is 0.845. The second kappa shape index (κ2) is 6.69. The van der Waals surface area contributed by atoms with E-state index in [1.54, 1.807) is 24.4 Å². The van der Waals surface area contributed by atoms with Crippen LogP contribution in [0.5, 0.6) is 0 Å². The molecule has 0 saturated heterocycles. The summed E-state index contributed by atoms with van der Waals surface area (Å²) < 4.78 is 5.38. The molecule has 0 aliphatic rings. The highest BCUT2D eigenvalue weighted by Crippen LogP contribution is 2.10. The van der Waals surface area contributed by atoms with Crippen LogP contribution in [0.4, 0.5) is 0 Å². The highest BCUT2D eigenvalue weighted by molar-refractivity contribution is 5.91. The van der Waals surface area contributed by atoms with Gasteiger partial charge in [0.1, 0.15) is 5.76 Å². The summed E-state index contributed by atoms with van der Waals surface area (Å²) in [5.41, 5.74) is 0.612. The van der Waals surface area contributed by atoms with Gasteiger partial charge in [0.05, 0.1) is 24.7 Å². The Kier molecular flexibility index (Phi) is 4.71. The minimum Gasteiger partial charge on any atom is -0.478 e. The van der Waals surface area contributed by atoms with E-state index in [9.17, 15) is 9.59 Å². The van der Waals surface area contributed by atoms with E-state index in [0.29, 0.717) is 11.5 Å². The number of carboxylic acids is 1. The smallest absolute Gasteiger partial charge is 0.335 e. The number of benzene rings is 1. The number of aromatic nitrogens is 1. The lowest BCUT2D eigenvalue weighted by Crippen LogP contribution is -2.25. The summed E-state index contributed by atoms with van der Waals surface area (Å²) in [5.74, 6) is -0.124. The van der Waals surface area contributed by atoms with Gasteiger partial charge in [-0.2, -0.15) is 0 Å². The second-order valence-electron chi connectivity index (χ2n) is 4.49. The lowest BCUT2D eigenvalue weighted by atomic mass is 10.0. The molecule has 0 spiro atoms. The molecular weight excluding hydrogens is 272 g/mol. The van der Waals surface area contributed by atoms with Crippen molar-refractivity contribution in [1.82, 2.24) is 10.3 Å². The van der Waals surface area contributed by atoms with Crippen molar-refractivity contribution in [3.8, 4) is 0 Å². The molecule has 1 amide bonds. The Bertz CT molecular complexity index is 649. The number of aryl methyl sites for hydroxylation is 1.